The first-order valence-electron chi connectivity index (χ1n) is 5.28. The van der Waals surface area contributed by atoms with Crippen LogP contribution in [0.25, 0.3) is 0 Å². The van der Waals surface area contributed by atoms with E-state index in [9.17, 15) is 0 Å². The minimum atomic E-state index is 0.160. The Morgan fingerprint density at radius 2 is 2.38 bits per heavy atom. The van der Waals surface area contributed by atoms with E-state index in [1.807, 2.05) is 0 Å². The van der Waals surface area contributed by atoms with Gasteiger partial charge in [-0.3, -0.25) is 0 Å². The second-order valence-electron chi connectivity index (χ2n) is 3.88. The summed E-state index contributed by atoms with van der Waals surface area (Å²) in [6.45, 7) is 6.98. The summed E-state index contributed by atoms with van der Waals surface area (Å²) in [5, 5.41) is 0. The minimum absolute atomic E-state index is 0.160. The van der Waals surface area contributed by atoms with Crippen molar-refractivity contribution in [3.05, 3.63) is 12.2 Å². The third-order valence-electron chi connectivity index (χ3n) is 2.72. The van der Waals surface area contributed by atoms with Gasteiger partial charge in [-0.15, -0.1) is 0 Å². The predicted octanol–water partition coefficient (Wildman–Crippen LogP) is 2.24. The largest absolute Gasteiger partial charge is 0.377 e. The predicted molar refractivity (Wildman–Crippen MR) is 55.6 cm³/mol. The smallest absolute Gasteiger partial charge is 0.0729 e. The number of hydrogen-bond donors (Lipinski definition) is 1. The van der Waals surface area contributed by atoms with Crippen LogP contribution in [-0.2, 0) is 4.74 Å². The van der Waals surface area contributed by atoms with Gasteiger partial charge in [-0.1, -0.05) is 19.1 Å². The molecule has 2 atom stereocenters. The molecule has 0 spiro atoms. The van der Waals surface area contributed by atoms with Gasteiger partial charge in [0.2, 0.25) is 0 Å². The van der Waals surface area contributed by atoms with Crippen LogP contribution >= 0.6 is 0 Å². The van der Waals surface area contributed by atoms with E-state index in [1.165, 1.54) is 18.4 Å². The minimum Gasteiger partial charge on any atom is -0.377 e. The van der Waals surface area contributed by atoms with Crippen molar-refractivity contribution in [2.45, 2.75) is 51.2 Å². The van der Waals surface area contributed by atoms with Gasteiger partial charge in [0, 0.05) is 12.6 Å². The molecule has 2 N–H and O–H groups in total. The van der Waals surface area contributed by atoms with Crippen molar-refractivity contribution in [2.75, 3.05) is 6.61 Å². The first-order valence-corrected chi connectivity index (χ1v) is 5.28. The summed E-state index contributed by atoms with van der Waals surface area (Å²) >= 11 is 0. The van der Waals surface area contributed by atoms with Crippen LogP contribution in [0.3, 0.4) is 0 Å². The van der Waals surface area contributed by atoms with Crippen molar-refractivity contribution >= 4 is 0 Å². The molecule has 1 aliphatic rings. The molecule has 1 heterocycles. The van der Waals surface area contributed by atoms with Crippen molar-refractivity contribution in [2.24, 2.45) is 5.73 Å². The first-order chi connectivity index (χ1) is 6.24. The van der Waals surface area contributed by atoms with Crippen molar-refractivity contribution in [1.82, 2.24) is 0 Å². The Kier molecular flexibility index (Phi) is 4.46. The Balaban J connectivity index is 2.28. The van der Waals surface area contributed by atoms with E-state index in [1.54, 1.807) is 0 Å². The zero-order valence-corrected chi connectivity index (χ0v) is 8.59. The van der Waals surface area contributed by atoms with E-state index < -0.39 is 0 Å². The lowest BCUT2D eigenvalue weighted by molar-refractivity contribution is 0.000564. The number of hydrogen-bond acceptors (Lipinski definition) is 2. The highest BCUT2D eigenvalue weighted by atomic mass is 16.5. The van der Waals surface area contributed by atoms with Crippen molar-refractivity contribution < 1.29 is 4.74 Å². The highest BCUT2D eigenvalue weighted by molar-refractivity contribution is 4.97. The topological polar surface area (TPSA) is 35.2 Å². The average Bonchev–Trinajstić information content (AvgIpc) is 2.19. The van der Waals surface area contributed by atoms with E-state index >= 15 is 0 Å². The first kappa shape index (κ1) is 10.7. The summed E-state index contributed by atoms with van der Waals surface area (Å²) in [6, 6.07) is 0.160. The second kappa shape index (κ2) is 5.40. The summed E-state index contributed by atoms with van der Waals surface area (Å²) in [7, 11) is 0. The zero-order chi connectivity index (χ0) is 9.68. The molecule has 0 saturated carbocycles. The summed E-state index contributed by atoms with van der Waals surface area (Å²) in [5.74, 6) is 0. The van der Waals surface area contributed by atoms with Crippen LogP contribution in [0.15, 0.2) is 12.2 Å². The van der Waals surface area contributed by atoms with Gasteiger partial charge in [0.05, 0.1) is 6.10 Å². The van der Waals surface area contributed by atoms with Gasteiger partial charge in [-0.05, 0) is 32.1 Å². The molecule has 1 saturated heterocycles. The van der Waals surface area contributed by atoms with Crippen LogP contribution in [0.2, 0.25) is 0 Å². The van der Waals surface area contributed by atoms with E-state index in [0.717, 1.165) is 25.9 Å². The van der Waals surface area contributed by atoms with Gasteiger partial charge in [-0.25, -0.2) is 0 Å². The van der Waals surface area contributed by atoms with Gasteiger partial charge in [0.15, 0.2) is 0 Å². The van der Waals surface area contributed by atoms with Crippen molar-refractivity contribution in [3.8, 4) is 0 Å². The third kappa shape index (κ3) is 3.49. The Labute approximate surface area is 81.1 Å². The van der Waals surface area contributed by atoms with Crippen LogP contribution in [0.1, 0.15) is 39.0 Å². The van der Waals surface area contributed by atoms with E-state index in [4.69, 9.17) is 10.5 Å². The highest BCUT2D eigenvalue weighted by Gasteiger charge is 2.21. The Morgan fingerprint density at radius 3 is 2.92 bits per heavy atom. The SMILES string of the molecule is C=C(CC)CC(N)C1CCCCO1. The summed E-state index contributed by atoms with van der Waals surface area (Å²) in [6.07, 6.45) is 5.80. The van der Waals surface area contributed by atoms with Crippen LogP contribution in [0, 0.1) is 0 Å². The molecule has 0 amide bonds. The molecule has 0 aromatic heterocycles. The lowest BCUT2D eigenvalue weighted by Crippen LogP contribution is -2.39. The summed E-state index contributed by atoms with van der Waals surface area (Å²) in [5.41, 5.74) is 7.28. The van der Waals surface area contributed by atoms with Gasteiger partial charge in [0.25, 0.3) is 0 Å². The van der Waals surface area contributed by atoms with Gasteiger partial charge in [0.1, 0.15) is 0 Å². The molecule has 0 aliphatic carbocycles. The third-order valence-corrected chi connectivity index (χ3v) is 2.72. The van der Waals surface area contributed by atoms with Crippen molar-refractivity contribution in [1.29, 1.82) is 0 Å². The van der Waals surface area contributed by atoms with Gasteiger partial charge >= 0.3 is 0 Å². The standard InChI is InChI=1S/C11H21NO/c1-3-9(2)8-10(12)11-6-4-5-7-13-11/h10-11H,2-8,12H2,1H3. The second-order valence-corrected chi connectivity index (χ2v) is 3.88. The molecule has 0 aromatic rings. The normalized spacial score (nSPS) is 25.5. The number of ether oxygens (including phenoxy) is 1. The van der Waals surface area contributed by atoms with Crippen LogP contribution in [0.5, 0.6) is 0 Å². The lowest BCUT2D eigenvalue weighted by Gasteiger charge is -2.28. The maximum absolute atomic E-state index is 6.04. The maximum atomic E-state index is 6.04. The molecule has 1 rings (SSSR count). The fraction of sp³-hybridized carbons (Fsp3) is 0.818. The van der Waals surface area contributed by atoms with E-state index in [0.29, 0.717) is 0 Å². The zero-order valence-electron chi connectivity index (χ0n) is 8.59. The fourth-order valence-electron chi connectivity index (χ4n) is 1.71. The number of nitrogens with two attached hydrogens (primary N) is 1. The molecule has 1 aliphatic heterocycles. The number of rotatable bonds is 4. The molecule has 2 heteroatoms. The van der Waals surface area contributed by atoms with Crippen LogP contribution < -0.4 is 5.73 Å². The monoisotopic (exact) mass is 183 g/mol. The molecular weight excluding hydrogens is 162 g/mol. The molecule has 1 fully saturated rings. The van der Waals surface area contributed by atoms with Gasteiger partial charge < -0.3 is 10.5 Å². The van der Waals surface area contributed by atoms with Crippen LogP contribution in [-0.4, -0.2) is 18.8 Å². The highest BCUT2D eigenvalue weighted by Crippen LogP contribution is 2.18. The van der Waals surface area contributed by atoms with E-state index in [2.05, 4.69) is 13.5 Å². The fourth-order valence-corrected chi connectivity index (χ4v) is 1.71. The molecule has 0 radical (unpaired) electrons. The van der Waals surface area contributed by atoms with Crippen molar-refractivity contribution in [3.63, 3.8) is 0 Å². The average molecular weight is 183 g/mol. The lowest BCUT2D eigenvalue weighted by atomic mass is 9.96. The molecule has 0 aromatic carbocycles. The Bertz CT molecular complexity index is 161. The molecule has 2 nitrogen and oxygen atoms in total. The Morgan fingerprint density at radius 1 is 1.62 bits per heavy atom. The molecular formula is C11H21NO. The summed E-state index contributed by atoms with van der Waals surface area (Å²) < 4.78 is 5.62. The van der Waals surface area contributed by atoms with Gasteiger partial charge in [-0.2, -0.15) is 0 Å². The molecule has 0 bridgehead atoms. The quantitative estimate of drug-likeness (QED) is 0.678. The maximum Gasteiger partial charge on any atom is 0.0729 e. The summed E-state index contributed by atoms with van der Waals surface area (Å²) in [4.78, 5) is 0. The molecule has 2 unspecified atom stereocenters. The van der Waals surface area contributed by atoms with E-state index in [-0.39, 0.29) is 12.1 Å². The van der Waals surface area contributed by atoms with Crippen LogP contribution in [0.4, 0.5) is 0 Å². The molecule has 76 valence electrons. The molecule has 13 heavy (non-hydrogen) atoms. The Hall–Kier alpha value is -0.340.